The average Bonchev–Trinajstić information content (AvgIpc) is 2.90. The monoisotopic (exact) mass is 294 g/mol. The maximum atomic E-state index is 6.66. The van der Waals surface area contributed by atoms with Gasteiger partial charge in [0.25, 0.3) is 0 Å². The summed E-state index contributed by atoms with van der Waals surface area (Å²) in [5.41, 5.74) is 9.36. The largest absolute Gasteiger partial charge is 0.326 e. The van der Waals surface area contributed by atoms with Crippen molar-refractivity contribution in [3.8, 4) is 0 Å². The smallest absolute Gasteiger partial charge is 0.0482 e. The summed E-state index contributed by atoms with van der Waals surface area (Å²) in [6.07, 6.45) is 5.50. The molecule has 4 heteroatoms. The SMILES string of the molecule is CCC1SCCSC1C(N)C1CCc2cccnc21. The molecule has 1 aliphatic carbocycles. The van der Waals surface area contributed by atoms with Crippen LogP contribution >= 0.6 is 23.5 Å². The first-order chi connectivity index (χ1) is 9.31. The summed E-state index contributed by atoms with van der Waals surface area (Å²) in [5.74, 6) is 3.01. The van der Waals surface area contributed by atoms with Gasteiger partial charge in [-0.3, -0.25) is 4.98 Å². The number of hydrogen-bond donors (Lipinski definition) is 1. The van der Waals surface area contributed by atoms with Crippen molar-refractivity contribution in [3.05, 3.63) is 29.6 Å². The van der Waals surface area contributed by atoms with E-state index >= 15 is 0 Å². The van der Waals surface area contributed by atoms with E-state index in [1.807, 2.05) is 12.3 Å². The fourth-order valence-corrected chi connectivity index (χ4v) is 6.58. The normalized spacial score (nSPS) is 32.0. The molecule has 19 heavy (non-hydrogen) atoms. The molecule has 2 nitrogen and oxygen atoms in total. The molecule has 0 aromatic carbocycles. The molecule has 1 fully saturated rings. The van der Waals surface area contributed by atoms with Crippen molar-refractivity contribution >= 4 is 23.5 Å². The summed E-state index contributed by atoms with van der Waals surface area (Å²) >= 11 is 4.21. The van der Waals surface area contributed by atoms with E-state index < -0.39 is 0 Å². The van der Waals surface area contributed by atoms with Crippen LogP contribution in [0.15, 0.2) is 18.3 Å². The minimum atomic E-state index is 0.263. The van der Waals surface area contributed by atoms with E-state index in [2.05, 4.69) is 41.5 Å². The van der Waals surface area contributed by atoms with Gasteiger partial charge in [0.1, 0.15) is 0 Å². The summed E-state index contributed by atoms with van der Waals surface area (Å²) in [4.78, 5) is 4.61. The van der Waals surface area contributed by atoms with Gasteiger partial charge in [-0.2, -0.15) is 23.5 Å². The molecule has 4 atom stereocenters. The Morgan fingerprint density at radius 3 is 3.11 bits per heavy atom. The van der Waals surface area contributed by atoms with Crippen molar-refractivity contribution in [1.29, 1.82) is 0 Å². The molecule has 0 spiro atoms. The molecule has 2 N–H and O–H groups in total. The van der Waals surface area contributed by atoms with Crippen LogP contribution in [0.1, 0.15) is 36.9 Å². The summed E-state index contributed by atoms with van der Waals surface area (Å²) in [7, 11) is 0. The Morgan fingerprint density at radius 1 is 1.42 bits per heavy atom. The molecule has 1 saturated heterocycles. The summed E-state index contributed by atoms with van der Waals surface area (Å²) in [6, 6.07) is 4.53. The lowest BCUT2D eigenvalue weighted by molar-refractivity contribution is 0.489. The summed E-state index contributed by atoms with van der Waals surface area (Å²) in [5, 5.41) is 1.32. The third-order valence-electron chi connectivity index (χ3n) is 4.34. The predicted molar refractivity (Wildman–Crippen MR) is 86.1 cm³/mol. The van der Waals surface area contributed by atoms with E-state index in [-0.39, 0.29) is 6.04 Å². The molecule has 4 unspecified atom stereocenters. The number of pyridine rings is 1. The van der Waals surface area contributed by atoms with Crippen LogP contribution in [0.4, 0.5) is 0 Å². The molecule has 2 aliphatic rings. The van der Waals surface area contributed by atoms with Crippen LogP contribution in [0.3, 0.4) is 0 Å². The minimum absolute atomic E-state index is 0.263. The fraction of sp³-hybridized carbons (Fsp3) is 0.667. The van der Waals surface area contributed by atoms with E-state index in [4.69, 9.17) is 5.73 Å². The van der Waals surface area contributed by atoms with Gasteiger partial charge < -0.3 is 5.73 Å². The van der Waals surface area contributed by atoms with Crippen LogP contribution < -0.4 is 5.73 Å². The van der Waals surface area contributed by atoms with Crippen LogP contribution in [0.25, 0.3) is 0 Å². The van der Waals surface area contributed by atoms with Gasteiger partial charge in [0, 0.05) is 45.9 Å². The minimum Gasteiger partial charge on any atom is -0.326 e. The number of aryl methyl sites for hydroxylation is 1. The molecule has 0 bridgehead atoms. The van der Waals surface area contributed by atoms with Crippen LogP contribution in [-0.4, -0.2) is 33.0 Å². The third-order valence-corrected chi connectivity index (χ3v) is 7.73. The maximum absolute atomic E-state index is 6.66. The standard InChI is InChI=1S/C15H22N2S2/c1-2-12-15(19-9-8-18-12)13(16)11-6-5-10-4-3-7-17-14(10)11/h3-4,7,11-13,15H,2,5-6,8-9,16H2,1H3. The van der Waals surface area contributed by atoms with Gasteiger partial charge in [0.05, 0.1) is 0 Å². The van der Waals surface area contributed by atoms with Crippen molar-refractivity contribution in [2.75, 3.05) is 11.5 Å². The van der Waals surface area contributed by atoms with Crippen LogP contribution in [0.5, 0.6) is 0 Å². The van der Waals surface area contributed by atoms with Crippen LogP contribution in [-0.2, 0) is 6.42 Å². The van der Waals surface area contributed by atoms with E-state index in [0.717, 1.165) is 11.7 Å². The van der Waals surface area contributed by atoms with Crippen molar-refractivity contribution in [1.82, 2.24) is 4.98 Å². The van der Waals surface area contributed by atoms with E-state index in [9.17, 15) is 0 Å². The van der Waals surface area contributed by atoms with Crippen molar-refractivity contribution in [3.63, 3.8) is 0 Å². The zero-order chi connectivity index (χ0) is 13.2. The lowest BCUT2D eigenvalue weighted by Crippen LogP contribution is -2.45. The number of hydrogen-bond acceptors (Lipinski definition) is 4. The Labute approximate surface area is 124 Å². The third kappa shape index (κ3) is 2.67. The van der Waals surface area contributed by atoms with Gasteiger partial charge in [-0.25, -0.2) is 0 Å². The number of thioether (sulfide) groups is 2. The van der Waals surface area contributed by atoms with Gasteiger partial charge in [0.15, 0.2) is 0 Å². The first-order valence-electron chi connectivity index (χ1n) is 7.24. The average molecular weight is 294 g/mol. The zero-order valence-electron chi connectivity index (χ0n) is 11.4. The van der Waals surface area contributed by atoms with Gasteiger partial charge in [-0.05, 0) is 30.9 Å². The van der Waals surface area contributed by atoms with Crippen LogP contribution in [0.2, 0.25) is 0 Å². The lowest BCUT2D eigenvalue weighted by Gasteiger charge is -2.36. The molecule has 1 aliphatic heterocycles. The van der Waals surface area contributed by atoms with Crippen molar-refractivity contribution < 1.29 is 0 Å². The molecular formula is C15H22N2S2. The lowest BCUT2D eigenvalue weighted by atomic mass is 9.92. The number of rotatable bonds is 3. The molecule has 1 aromatic rings. The van der Waals surface area contributed by atoms with Gasteiger partial charge in [-0.15, -0.1) is 0 Å². The molecule has 0 saturated carbocycles. The Bertz CT molecular complexity index is 438. The Kier molecular flexibility index (Phi) is 4.40. The highest BCUT2D eigenvalue weighted by Crippen LogP contribution is 2.41. The second-order valence-electron chi connectivity index (χ2n) is 5.42. The predicted octanol–water partition coefficient (Wildman–Crippen LogP) is 3.07. The second kappa shape index (κ2) is 6.06. The molecule has 0 radical (unpaired) electrons. The molecular weight excluding hydrogens is 272 g/mol. The second-order valence-corrected chi connectivity index (χ2v) is 8.06. The number of fused-ring (bicyclic) bond motifs is 1. The van der Waals surface area contributed by atoms with Crippen LogP contribution in [0, 0.1) is 0 Å². The van der Waals surface area contributed by atoms with Crippen molar-refractivity contribution in [2.24, 2.45) is 5.73 Å². The quantitative estimate of drug-likeness (QED) is 0.930. The Morgan fingerprint density at radius 2 is 2.26 bits per heavy atom. The fourth-order valence-electron chi connectivity index (χ4n) is 3.34. The highest BCUT2D eigenvalue weighted by molar-refractivity contribution is 8.07. The maximum Gasteiger partial charge on any atom is 0.0482 e. The van der Waals surface area contributed by atoms with E-state index in [1.54, 1.807) is 0 Å². The molecule has 1 aromatic heterocycles. The highest BCUT2D eigenvalue weighted by atomic mass is 32.2. The van der Waals surface area contributed by atoms with E-state index in [1.165, 1.54) is 35.6 Å². The van der Waals surface area contributed by atoms with Gasteiger partial charge in [0.2, 0.25) is 0 Å². The Balaban J connectivity index is 1.79. The van der Waals surface area contributed by atoms with Gasteiger partial charge >= 0.3 is 0 Å². The molecule has 0 amide bonds. The highest BCUT2D eigenvalue weighted by Gasteiger charge is 2.38. The molecule has 104 valence electrons. The van der Waals surface area contributed by atoms with Gasteiger partial charge in [-0.1, -0.05) is 13.0 Å². The molecule has 2 heterocycles. The molecule has 3 rings (SSSR count). The van der Waals surface area contributed by atoms with E-state index in [0.29, 0.717) is 11.2 Å². The Hall–Kier alpha value is -0.190. The first kappa shape index (κ1) is 13.8. The topological polar surface area (TPSA) is 38.9 Å². The number of nitrogens with zero attached hydrogens (tertiary/aromatic N) is 1. The zero-order valence-corrected chi connectivity index (χ0v) is 13.1. The number of aromatic nitrogens is 1. The number of nitrogens with two attached hydrogens (primary N) is 1. The first-order valence-corrected chi connectivity index (χ1v) is 9.33. The summed E-state index contributed by atoms with van der Waals surface area (Å²) < 4.78 is 0. The summed E-state index contributed by atoms with van der Waals surface area (Å²) in [6.45, 7) is 2.30. The van der Waals surface area contributed by atoms with Crippen molar-refractivity contribution in [2.45, 2.75) is 48.6 Å².